The SMILES string of the molecule is CCCC(=O)N[C@H](C)c1nc2ccccc2n1Cc1ccccc1Cl. The number of hydrogen-bond donors (Lipinski definition) is 1. The Bertz CT molecular complexity index is 888. The van der Waals surface area contributed by atoms with Crippen molar-refractivity contribution in [3.8, 4) is 0 Å². The molecule has 4 nitrogen and oxygen atoms in total. The Balaban J connectivity index is 2.00. The van der Waals surface area contributed by atoms with Gasteiger partial charge in [0.05, 0.1) is 23.6 Å². The highest BCUT2D eigenvalue weighted by molar-refractivity contribution is 6.31. The molecule has 130 valence electrons. The van der Waals surface area contributed by atoms with Gasteiger partial charge in [-0.3, -0.25) is 4.79 Å². The summed E-state index contributed by atoms with van der Waals surface area (Å²) in [7, 11) is 0. The molecule has 0 aliphatic carbocycles. The van der Waals surface area contributed by atoms with Crippen molar-refractivity contribution in [3.05, 3.63) is 64.9 Å². The molecule has 0 aliphatic rings. The maximum atomic E-state index is 12.0. The lowest BCUT2D eigenvalue weighted by molar-refractivity contribution is -0.121. The molecule has 0 saturated heterocycles. The second kappa shape index (κ2) is 7.70. The van der Waals surface area contributed by atoms with Crippen molar-refractivity contribution >= 4 is 28.5 Å². The minimum absolute atomic E-state index is 0.0475. The van der Waals surface area contributed by atoms with E-state index in [1.807, 2.05) is 62.4 Å². The number of amides is 1. The van der Waals surface area contributed by atoms with E-state index in [1.165, 1.54) is 0 Å². The maximum absolute atomic E-state index is 12.0. The highest BCUT2D eigenvalue weighted by atomic mass is 35.5. The zero-order chi connectivity index (χ0) is 17.8. The number of nitrogens with zero attached hydrogens (tertiary/aromatic N) is 2. The van der Waals surface area contributed by atoms with Crippen LogP contribution in [-0.2, 0) is 11.3 Å². The Hall–Kier alpha value is -2.33. The standard InChI is InChI=1S/C20H22ClN3O/c1-3-8-19(25)22-14(2)20-23-17-11-6-7-12-18(17)24(20)13-15-9-4-5-10-16(15)21/h4-7,9-12,14H,3,8,13H2,1-2H3,(H,22,25)/t14-/m1/s1. The molecule has 0 fully saturated rings. The molecule has 1 amide bonds. The van der Waals surface area contributed by atoms with Crippen LogP contribution in [0.2, 0.25) is 5.02 Å². The molecule has 0 unspecified atom stereocenters. The Kier molecular flexibility index (Phi) is 5.39. The Labute approximate surface area is 152 Å². The van der Waals surface area contributed by atoms with E-state index in [0.717, 1.165) is 33.9 Å². The van der Waals surface area contributed by atoms with Gasteiger partial charge in [0.25, 0.3) is 0 Å². The first-order valence-corrected chi connectivity index (χ1v) is 8.96. The van der Waals surface area contributed by atoms with Crippen LogP contribution in [0.25, 0.3) is 11.0 Å². The second-order valence-corrected chi connectivity index (χ2v) is 6.58. The smallest absolute Gasteiger partial charge is 0.220 e. The Morgan fingerprint density at radius 2 is 1.92 bits per heavy atom. The van der Waals surface area contributed by atoms with Gasteiger partial charge in [0.15, 0.2) is 0 Å². The molecule has 2 aromatic carbocycles. The van der Waals surface area contributed by atoms with Crippen molar-refractivity contribution in [2.75, 3.05) is 0 Å². The first kappa shape index (κ1) is 17.5. The normalized spacial score (nSPS) is 12.3. The number of carbonyl (C=O) groups excluding carboxylic acids is 1. The van der Waals surface area contributed by atoms with Crippen LogP contribution in [0, 0.1) is 0 Å². The number of para-hydroxylation sites is 2. The number of benzene rings is 2. The van der Waals surface area contributed by atoms with Gasteiger partial charge in [0.1, 0.15) is 5.82 Å². The van der Waals surface area contributed by atoms with Crippen LogP contribution in [0.15, 0.2) is 48.5 Å². The summed E-state index contributed by atoms with van der Waals surface area (Å²) >= 11 is 6.35. The zero-order valence-electron chi connectivity index (χ0n) is 14.5. The first-order chi connectivity index (χ1) is 12.1. The molecule has 0 bridgehead atoms. The van der Waals surface area contributed by atoms with Crippen molar-refractivity contribution < 1.29 is 4.79 Å². The molecule has 1 atom stereocenters. The third-order valence-corrected chi connectivity index (χ3v) is 4.58. The van der Waals surface area contributed by atoms with Gasteiger partial charge >= 0.3 is 0 Å². The van der Waals surface area contributed by atoms with E-state index in [2.05, 4.69) is 9.88 Å². The molecular weight excluding hydrogens is 334 g/mol. The van der Waals surface area contributed by atoms with E-state index in [-0.39, 0.29) is 11.9 Å². The lowest BCUT2D eigenvalue weighted by atomic mass is 10.2. The fraction of sp³-hybridized carbons (Fsp3) is 0.300. The Morgan fingerprint density at radius 3 is 2.68 bits per heavy atom. The lowest BCUT2D eigenvalue weighted by Gasteiger charge is -2.17. The van der Waals surface area contributed by atoms with Gasteiger partial charge in [-0.1, -0.05) is 48.9 Å². The molecule has 0 saturated carbocycles. The van der Waals surface area contributed by atoms with Crippen molar-refractivity contribution in [2.45, 2.75) is 39.3 Å². The predicted molar refractivity (Wildman–Crippen MR) is 102 cm³/mol. The third-order valence-electron chi connectivity index (χ3n) is 4.21. The first-order valence-electron chi connectivity index (χ1n) is 8.58. The predicted octanol–water partition coefficient (Wildman–Crippen LogP) is 4.72. The number of aromatic nitrogens is 2. The van der Waals surface area contributed by atoms with E-state index < -0.39 is 0 Å². The molecule has 0 radical (unpaired) electrons. The fourth-order valence-electron chi connectivity index (χ4n) is 2.99. The fourth-order valence-corrected chi connectivity index (χ4v) is 3.19. The largest absolute Gasteiger partial charge is 0.346 e. The number of halogens is 1. The van der Waals surface area contributed by atoms with Gasteiger partial charge in [-0.05, 0) is 37.1 Å². The van der Waals surface area contributed by atoms with Crippen LogP contribution in [0.1, 0.15) is 44.1 Å². The molecule has 25 heavy (non-hydrogen) atoms. The maximum Gasteiger partial charge on any atom is 0.220 e. The number of rotatable bonds is 6. The molecule has 1 N–H and O–H groups in total. The molecule has 5 heteroatoms. The van der Waals surface area contributed by atoms with Crippen LogP contribution < -0.4 is 5.32 Å². The summed E-state index contributed by atoms with van der Waals surface area (Å²) in [6.07, 6.45) is 1.35. The van der Waals surface area contributed by atoms with Crippen LogP contribution in [0.3, 0.4) is 0 Å². The minimum Gasteiger partial charge on any atom is -0.346 e. The summed E-state index contributed by atoms with van der Waals surface area (Å²) in [5.41, 5.74) is 2.98. The summed E-state index contributed by atoms with van der Waals surface area (Å²) < 4.78 is 2.13. The van der Waals surface area contributed by atoms with Crippen LogP contribution in [-0.4, -0.2) is 15.5 Å². The summed E-state index contributed by atoms with van der Waals surface area (Å²) in [5.74, 6) is 0.886. The van der Waals surface area contributed by atoms with E-state index in [9.17, 15) is 4.79 Å². The molecule has 0 aliphatic heterocycles. The number of carbonyl (C=O) groups is 1. The van der Waals surface area contributed by atoms with Gasteiger partial charge in [-0.25, -0.2) is 4.98 Å². The average Bonchev–Trinajstić information content (AvgIpc) is 2.96. The number of hydrogen-bond acceptors (Lipinski definition) is 2. The molecule has 3 aromatic rings. The minimum atomic E-state index is -0.172. The zero-order valence-corrected chi connectivity index (χ0v) is 15.3. The van der Waals surface area contributed by atoms with Gasteiger partial charge in [0, 0.05) is 11.4 Å². The van der Waals surface area contributed by atoms with E-state index in [1.54, 1.807) is 0 Å². The van der Waals surface area contributed by atoms with E-state index in [0.29, 0.717) is 13.0 Å². The third kappa shape index (κ3) is 3.85. The van der Waals surface area contributed by atoms with Gasteiger partial charge in [-0.2, -0.15) is 0 Å². The van der Waals surface area contributed by atoms with Crippen molar-refractivity contribution in [3.63, 3.8) is 0 Å². The summed E-state index contributed by atoms with van der Waals surface area (Å²) in [6.45, 7) is 4.58. The van der Waals surface area contributed by atoms with Crippen LogP contribution >= 0.6 is 11.6 Å². The molecule has 3 rings (SSSR count). The van der Waals surface area contributed by atoms with Crippen molar-refractivity contribution in [1.82, 2.24) is 14.9 Å². The molecular formula is C20H22ClN3O. The number of nitrogens with one attached hydrogen (secondary N) is 1. The second-order valence-electron chi connectivity index (χ2n) is 6.18. The van der Waals surface area contributed by atoms with Crippen LogP contribution in [0.4, 0.5) is 0 Å². The lowest BCUT2D eigenvalue weighted by Crippen LogP contribution is -2.28. The van der Waals surface area contributed by atoms with Crippen LogP contribution in [0.5, 0.6) is 0 Å². The number of fused-ring (bicyclic) bond motifs is 1. The van der Waals surface area contributed by atoms with E-state index in [4.69, 9.17) is 16.6 Å². The quantitative estimate of drug-likeness (QED) is 0.695. The highest BCUT2D eigenvalue weighted by Gasteiger charge is 2.18. The molecule has 0 spiro atoms. The Morgan fingerprint density at radius 1 is 1.20 bits per heavy atom. The summed E-state index contributed by atoms with van der Waals surface area (Å²) in [6, 6.07) is 15.6. The number of imidazole rings is 1. The van der Waals surface area contributed by atoms with Gasteiger partial charge in [0.2, 0.25) is 5.91 Å². The van der Waals surface area contributed by atoms with E-state index >= 15 is 0 Å². The van der Waals surface area contributed by atoms with Crippen molar-refractivity contribution in [1.29, 1.82) is 0 Å². The topological polar surface area (TPSA) is 46.9 Å². The average molecular weight is 356 g/mol. The molecule has 1 heterocycles. The van der Waals surface area contributed by atoms with Gasteiger partial charge < -0.3 is 9.88 Å². The highest BCUT2D eigenvalue weighted by Crippen LogP contribution is 2.24. The monoisotopic (exact) mass is 355 g/mol. The van der Waals surface area contributed by atoms with Crippen molar-refractivity contribution in [2.24, 2.45) is 0 Å². The summed E-state index contributed by atoms with van der Waals surface area (Å²) in [4.78, 5) is 16.8. The molecule has 1 aromatic heterocycles. The summed E-state index contributed by atoms with van der Waals surface area (Å²) in [5, 5.41) is 3.77. The van der Waals surface area contributed by atoms with Gasteiger partial charge in [-0.15, -0.1) is 0 Å².